The average Bonchev–Trinajstić information content (AvgIpc) is 3.46. The Bertz CT molecular complexity index is 1510. The molecule has 1 unspecified atom stereocenters. The molecule has 2 aliphatic heterocycles. The number of sulfonamides is 1. The molecule has 0 saturated carbocycles. The number of amides is 1. The van der Waals surface area contributed by atoms with Crippen molar-refractivity contribution in [2.45, 2.75) is 31.2 Å². The zero-order valence-corrected chi connectivity index (χ0v) is 21.4. The number of methoxy groups -OCH3 is 1. The van der Waals surface area contributed by atoms with Crippen LogP contribution in [0.2, 0.25) is 0 Å². The summed E-state index contributed by atoms with van der Waals surface area (Å²) < 4.78 is 45.6. The smallest absolute Gasteiger partial charge is 0.325 e. The van der Waals surface area contributed by atoms with Crippen molar-refractivity contribution in [2.24, 2.45) is 10.9 Å². The molecule has 5 rings (SSSR count). The Hall–Kier alpha value is -3.22. The van der Waals surface area contributed by atoms with Gasteiger partial charge in [0, 0.05) is 30.8 Å². The highest BCUT2D eigenvalue weighted by molar-refractivity contribution is 7.89. The number of aromatic nitrogens is 1. The molecule has 12 heteroatoms. The standard InChI is InChI=1S/C24H25N3O7S2/c1-15-4-3-9-26(12-15)36(30,31)17-7-5-16(6-8-17)23(29)25-24-27(13-22(28)32-2)18-10-19-20(34-14-33-19)11-21(18)35-24/h5-8,10-11,15H,3-4,9,12-14H2,1-2H3. The van der Waals surface area contributed by atoms with E-state index in [0.29, 0.717) is 40.8 Å². The van der Waals surface area contributed by atoms with Gasteiger partial charge in [-0.3, -0.25) is 9.59 Å². The van der Waals surface area contributed by atoms with Crippen LogP contribution >= 0.6 is 11.3 Å². The topological polar surface area (TPSA) is 117 Å². The van der Waals surface area contributed by atoms with Crippen molar-refractivity contribution in [3.63, 3.8) is 0 Å². The minimum absolute atomic E-state index is 0.113. The van der Waals surface area contributed by atoms with Gasteiger partial charge < -0.3 is 18.8 Å². The SMILES string of the molecule is COC(=O)Cn1c(=NC(=O)c2ccc(S(=O)(=O)N3CCCC(C)C3)cc2)sc2cc3c(cc21)OCO3. The number of esters is 1. The number of rotatable bonds is 5. The molecule has 1 atom stereocenters. The minimum Gasteiger partial charge on any atom is -0.468 e. The number of carbonyl (C=O) groups excluding carboxylic acids is 2. The van der Waals surface area contributed by atoms with Crippen LogP contribution < -0.4 is 14.3 Å². The maximum atomic E-state index is 13.0. The van der Waals surface area contributed by atoms with Gasteiger partial charge >= 0.3 is 5.97 Å². The summed E-state index contributed by atoms with van der Waals surface area (Å²) in [6.45, 7) is 2.99. The molecule has 190 valence electrons. The zero-order chi connectivity index (χ0) is 25.4. The largest absolute Gasteiger partial charge is 0.468 e. The van der Waals surface area contributed by atoms with Crippen molar-refractivity contribution in [2.75, 3.05) is 27.0 Å². The van der Waals surface area contributed by atoms with Gasteiger partial charge in [0.2, 0.25) is 16.8 Å². The summed E-state index contributed by atoms with van der Waals surface area (Å²) in [5.41, 5.74) is 0.885. The lowest BCUT2D eigenvalue weighted by molar-refractivity contribution is -0.141. The number of benzene rings is 2. The van der Waals surface area contributed by atoms with Crippen LogP contribution in [-0.4, -0.2) is 56.2 Å². The van der Waals surface area contributed by atoms with Crippen LogP contribution in [0.3, 0.4) is 0 Å². The number of nitrogens with zero attached hydrogens (tertiary/aromatic N) is 3. The van der Waals surface area contributed by atoms with Crippen LogP contribution in [0.5, 0.6) is 11.5 Å². The van der Waals surface area contributed by atoms with E-state index in [1.807, 2.05) is 6.92 Å². The Morgan fingerprint density at radius 1 is 1.17 bits per heavy atom. The second-order valence-corrected chi connectivity index (χ2v) is 11.7. The number of piperidine rings is 1. The van der Waals surface area contributed by atoms with Gasteiger partial charge in [-0.2, -0.15) is 9.30 Å². The first-order valence-corrected chi connectivity index (χ1v) is 13.7. The molecule has 10 nitrogen and oxygen atoms in total. The van der Waals surface area contributed by atoms with Crippen molar-refractivity contribution in [1.29, 1.82) is 0 Å². The average molecular weight is 532 g/mol. The van der Waals surface area contributed by atoms with Gasteiger partial charge in [-0.15, -0.1) is 0 Å². The fourth-order valence-corrected chi connectivity index (χ4v) is 6.96. The van der Waals surface area contributed by atoms with E-state index in [9.17, 15) is 18.0 Å². The second-order valence-electron chi connectivity index (χ2n) is 8.77. The molecule has 0 spiro atoms. The van der Waals surface area contributed by atoms with Crippen LogP contribution in [0.15, 0.2) is 46.3 Å². The fraction of sp³-hybridized carbons (Fsp3) is 0.375. The second kappa shape index (κ2) is 9.68. The van der Waals surface area contributed by atoms with Crippen molar-refractivity contribution >= 4 is 43.5 Å². The lowest BCUT2D eigenvalue weighted by Gasteiger charge is -2.30. The van der Waals surface area contributed by atoms with Crippen molar-refractivity contribution in [3.05, 3.63) is 46.8 Å². The molecule has 1 aromatic heterocycles. The fourth-order valence-electron chi connectivity index (χ4n) is 4.33. The van der Waals surface area contributed by atoms with E-state index in [2.05, 4.69) is 4.99 Å². The van der Waals surface area contributed by atoms with Crippen molar-refractivity contribution in [1.82, 2.24) is 8.87 Å². The molecular weight excluding hydrogens is 506 g/mol. The van der Waals surface area contributed by atoms with Gasteiger partial charge in [-0.1, -0.05) is 18.3 Å². The molecule has 0 bridgehead atoms. The van der Waals surface area contributed by atoms with Crippen molar-refractivity contribution in [3.8, 4) is 11.5 Å². The molecule has 0 N–H and O–H groups in total. The Morgan fingerprint density at radius 2 is 1.89 bits per heavy atom. The Labute approximate surface area is 211 Å². The Balaban J connectivity index is 1.47. The summed E-state index contributed by atoms with van der Waals surface area (Å²) in [4.78, 5) is 29.8. The summed E-state index contributed by atoms with van der Waals surface area (Å²) >= 11 is 1.22. The highest BCUT2D eigenvalue weighted by atomic mass is 32.2. The molecule has 3 aromatic rings. The first-order chi connectivity index (χ1) is 17.3. The van der Waals surface area contributed by atoms with Crippen LogP contribution in [0.25, 0.3) is 10.2 Å². The first kappa shape index (κ1) is 24.5. The molecule has 2 aromatic carbocycles. The van der Waals surface area contributed by atoms with Gasteiger partial charge in [0.05, 0.1) is 22.2 Å². The normalized spacial score (nSPS) is 18.5. The summed E-state index contributed by atoms with van der Waals surface area (Å²) in [5, 5.41) is 0. The summed E-state index contributed by atoms with van der Waals surface area (Å²) in [5.74, 6) is 0.368. The predicted molar refractivity (Wildman–Crippen MR) is 131 cm³/mol. The Kier molecular flexibility index (Phi) is 6.58. The maximum Gasteiger partial charge on any atom is 0.325 e. The number of carbonyl (C=O) groups is 2. The lowest BCUT2D eigenvalue weighted by Crippen LogP contribution is -2.39. The molecular formula is C24H25N3O7S2. The molecule has 1 saturated heterocycles. The number of thiazole rings is 1. The molecule has 2 aliphatic rings. The van der Waals surface area contributed by atoms with E-state index in [1.54, 1.807) is 16.7 Å². The minimum atomic E-state index is -3.63. The first-order valence-electron chi connectivity index (χ1n) is 11.5. The third kappa shape index (κ3) is 4.63. The van der Waals surface area contributed by atoms with E-state index in [1.165, 1.54) is 47.0 Å². The van der Waals surface area contributed by atoms with Gasteiger partial charge in [0.1, 0.15) is 6.54 Å². The molecule has 0 aliphatic carbocycles. The lowest BCUT2D eigenvalue weighted by atomic mass is 10.0. The maximum absolute atomic E-state index is 13.0. The van der Waals surface area contributed by atoms with Crippen LogP contribution in [-0.2, 0) is 26.1 Å². The molecule has 1 amide bonds. The van der Waals surface area contributed by atoms with E-state index >= 15 is 0 Å². The highest BCUT2D eigenvalue weighted by Gasteiger charge is 2.28. The monoisotopic (exact) mass is 531 g/mol. The molecule has 1 fully saturated rings. The number of hydrogen-bond acceptors (Lipinski definition) is 8. The summed E-state index contributed by atoms with van der Waals surface area (Å²) in [6.07, 6.45) is 1.84. The summed E-state index contributed by atoms with van der Waals surface area (Å²) in [6, 6.07) is 9.30. The van der Waals surface area contributed by atoms with Crippen LogP contribution in [0.4, 0.5) is 0 Å². The van der Waals surface area contributed by atoms with Gasteiger partial charge in [-0.05, 0) is 43.0 Å². The highest BCUT2D eigenvalue weighted by Crippen LogP contribution is 2.37. The molecule has 3 heterocycles. The van der Waals surface area contributed by atoms with Gasteiger partial charge in [-0.25, -0.2) is 8.42 Å². The van der Waals surface area contributed by atoms with E-state index in [0.717, 1.165) is 17.5 Å². The number of ether oxygens (including phenoxy) is 3. The zero-order valence-electron chi connectivity index (χ0n) is 19.8. The van der Waals surface area contributed by atoms with Gasteiger partial charge in [0.15, 0.2) is 16.3 Å². The third-order valence-corrected chi connectivity index (χ3v) is 9.17. The molecule has 0 radical (unpaired) electrons. The van der Waals surface area contributed by atoms with Crippen molar-refractivity contribution < 1.29 is 32.2 Å². The number of hydrogen-bond donors (Lipinski definition) is 0. The van der Waals surface area contributed by atoms with E-state index in [-0.39, 0.29) is 23.8 Å². The third-order valence-electron chi connectivity index (χ3n) is 6.25. The van der Waals surface area contributed by atoms with E-state index in [4.69, 9.17) is 14.2 Å². The van der Waals surface area contributed by atoms with E-state index < -0.39 is 21.9 Å². The molecule has 36 heavy (non-hydrogen) atoms. The van der Waals surface area contributed by atoms with Crippen LogP contribution in [0.1, 0.15) is 30.1 Å². The number of fused-ring (bicyclic) bond motifs is 2. The predicted octanol–water partition coefficient (Wildman–Crippen LogP) is 2.77. The summed E-state index contributed by atoms with van der Waals surface area (Å²) in [7, 11) is -2.34. The Morgan fingerprint density at radius 3 is 2.58 bits per heavy atom. The van der Waals surface area contributed by atoms with Gasteiger partial charge in [0.25, 0.3) is 5.91 Å². The van der Waals surface area contributed by atoms with Crippen LogP contribution in [0, 0.1) is 5.92 Å². The quantitative estimate of drug-likeness (QED) is 0.465.